The van der Waals surface area contributed by atoms with Gasteiger partial charge < -0.3 is 10.5 Å². The maximum absolute atomic E-state index is 5.88. The Bertz CT molecular complexity index is 575. The minimum atomic E-state index is 0.471. The Labute approximate surface area is 119 Å². The normalized spacial score (nSPS) is 10.4. The summed E-state index contributed by atoms with van der Waals surface area (Å²) in [5.41, 5.74) is 7.48. The molecule has 0 spiro atoms. The zero-order chi connectivity index (χ0) is 13.1. The quantitative estimate of drug-likeness (QED) is 0.925. The predicted octanol–water partition coefficient (Wildman–Crippen LogP) is 4.06. The molecule has 1 aromatic carbocycles. The number of nitrogens with two attached hydrogens (primary N) is 1. The number of hydrogen-bond donors (Lipinski definition) is 1. The fourth-order valence-electron chi connectivity index (χ4n) is 1.50. The summed E-state index contributed by atoms with van der Waals surface area (Å²) in [7, 11) is 0. The molecule has 0 saturated heterocycles. The van der Waals surface area contributed by atoms with E-state index in [0.29, 0.717) is 23.2 Å². The first-order chi connectivity index (χ1) is 8.60. The fraction of sp³-hybridized carbons (Fsp3) is 0.154. The third kappa shape index (κ3) is 3.02. The number of nitrogens with zero attached hydrogens (tertiary/aromatic N) is 1. The molecular formula is C13H12BrClN2O. The molecule has 0 amide bonds. The van der Waals surface area contributed by atoms with Gasteiger partial charge in [-0.25, -0.2) is 4.98 Å². The van der Waals surface area contributed by atoms with Gasteiger partial charge in [-0.3, -0.25) is 0 Å². The molecule has 5 heteroatoms. The highest BCUT2D eigenvalue weighted by atomic mass is 79.9. The van der Waals surface area contributed by atoms with Crippen molar-refractivity contribution in [3.63, 3.8) is 0 Å². The molecule has 0 fully saturated rings. The molecule has 2 aromatic rings. The molecule has 2 N–H and O–H groups in total. The summed E-state index contributed by atoms with van der Waals surface area (Å²) in [4.78, 5) is 4.25. The maximum atomic E-state index is 5.88. The van der Waals surface area contributed by atoms with E-state index in [2.05, 4.69) is 20.9 Å². The van der Waals surface area contributed by atoms with Crippen LogP contribution in [0.1, 0.15) is 11.1 Å². The Balaban J connectivity index is 2.28. The van der Waals surface area contributed by atoms with E-state index in [1.165, 1.54) is 0 Å². The number of aryl methyl sites for hydroxylation is 1. The molecule has 0 atom stereocenters. The van der Waals surface area contributed by atoms with E-state index in [0.717, 1.165) is 15.6 Å². The number of halogens is 2. The van der Waals surface area contributed by atoms with E-state index in [1.54, 1.807) is 24.4 Å². The van der Waals surface area contributed by atoms with Gasteiger partial charge in [0.05, 0.1) is 4.47 Å². The Morgan fingerprint density at radius 3 is 2.78 bits per heavy atom. The van der Waals surface area contributed by atoms with Crippen molar-refractivity contribution in [2.24, 2.45) is 5.73 Å². The first kappa shape index (κ1) is 13.3. The number of hydrogen-bond acceptors (Lipinski definition) is 3. The Hall–Kier alpha value is -1.10. The number of pyridine rings is 1. The second kappa shape index (κ2) is 5.69. The second-order valence-electron chi connectivity index (χ2n) is 3.85. The molecule has 0 unspecified atom stereocenters. The van der Waals surface area contributed by atoms with Crippen molar-refractivity contribution < 1.29 is 4.74 Å². The van der Waals surface area contributed by atoms with Gasteiger partial charge >= 0.3 is 0 Å². The lowest BCUT2D eigenvalue weighted by molar-refractivity contribution is 0.455. The smallest absolute Gasteiger partial charge is 0.222 e. The van der Waals surface area contributed by atoms with Crippen LogP contribution in [0.4, 0.5) is 0 Å². The molecule has 0 saturated carbocycles. The molecule has 0 radical (unpaired) electrons. The number of rotatable bonds is 3. The summed E-state index contributed by atoms with van der Waals surface area (Å²) in [6, 6.07) is 7.31. The lowest BCUT2D eigenvalue weighted by atomic mass is 10.2. The number of ether oxygens (including phenoxy) is 1. The molecule has 3 nitrogen and oxygen atoms in total. The van der Waals surface area contributed by atoms with Gasteiger partial charge in [0.15, 0.2) is 0 Å². The van der Waals surface area contributed by atoms with Gasteiger partial charge in [-0.05, 0) is 52.7 Å². The van der Waals surface area contributed by atoms with Crippen LogP contribution in [-0.4, -0.2) is 4.98 Å². The average Bonchev–Trinajstić information content (AvgIpc) is 2.34. The largest absolute Gasteiger partial charge is 0.438 e. The highest BCUT2D eigenvalue weighted by Crippen LogP contribution is 2.32. The molecule has 0 aliphatic carbocycles. The Kier molecular flexibility index (Phi) is 4.22. The lowest BCUT2D eigenvalue weighted by Crippen LogP contribution is -1.99. The third-order valence-electron chi connectivity index (χ3n) is 2.42. The zero-order valence-corrected chi connectivity index (χ0v) is 12.1. The predicted molar refractivity (Wildman–Crippen MR) is 76.1 cm³/mol. The van der Waals surface area contributed by atoms with Crippen molar-refractivity contribution in [2.45, 2.75) is 13.5 Å². The van der Waals surface area contributed by atoms with Crippen LogP contribution < -0.4 is 10.5 Å². The van der Waals surface area contributed by atoms with E-state index in [9.17, 15) is 0 Å². The molecule has 0 aliphatic heterocycles. The maximum Gasteiger partial charge on any atom is 0.222 e. The van der Waals surface area contributed by atoms with Crippen molar-refractivity contribution in [3.8, 4) is 11.6 Å². The van der Waals surface area contributed by atoms with E-state index >= 15 is 0 Å². The van der Waals surface area contributed by atoms with Crippen LogP contribution in [0.3, 0.4) is 0 Å². The molecule has 1 aromatic heterocycles. The van der Waals surface area contributed by atoms with E-state index < -0.39 is 0 Å². The highest BCUT2D eigenvalue weighted by Gasteiger charge is 2.07. The average molecular weight is 328 g/mol. The summed E-state index contributed by atoms with van der Waals surface area (Å²) >= 11 is 9.28. The van der Waals surface area contributed by atoms with Crippen LogP contribution in [0.5, 0.6) is 11.6 Å². The van der Waals surface area contributed by atoms with Crippen molar-refractivity contribution >= 4 is 27.5 Å². The molecule has 2 rings (SSSR count). The van der Waals surface area contributed by atoms with Crippen LogP contribution in [0.25, 0.3) is 0 Å². The van der Waals surface area contributed by atoms with Gasteiger partial charge in [0.25, 0.3) is 0 Å². The minimum absolute atomic E-state index is 0.471. The summed E-state index contributed by atoms with van der Waals surface area (Å²) < 4.78 is 6.53. The van der Waals surface area contributed by atoms with Crippen molar-refractivity contribution in [2.75, 3.05) is 0 Å². The number of aromatic nitrogens is 1. The summed E-state index contributed by atoms with van der Waals surface area (Å²) in [5, 5.41) is 0.650. The molecular weight excluding hydrogens is 316 g/mol. The standard InChI is InChI=1S/C13H12BrClN2O/c1-8-4-9(6-16)7-17-13(8)18-12-3-2-10(15)5-11(12)14/h2-5,7H,6,16H2,1H3. The van der Waals surface area contributed by atoms with E-state index in [4.69, 9.17) is 22.1 Å². The van der Waals surface area contributed by atoms with Crippen molar-refractivity contribution in [1.29, 1.82) is 0 Å². The van der Waals surface area contributed by atoms with Gasteiger partial charge in [0.2, 0.25) is 5.88 Å². The second-order valence-corrected chi connectivity index (χ2v) is 5.14. The Morgan fingerprint density at radius 2 is 2.17 bits per heavy atom. The summed E-state index contributed by atoms with van der Waals surface area (Å²) in [6.45, 7) is 2.41. The fourth-order valence-corrected chi connectivity index (χ4v) is 2.26. The molecule has 94 valence electrons. The van der Waals surface area contributed by atoms with Gasteiger partial charge in [-0.1, -0.05) is 11.6 Å². The van der Waals surface area contributed by atoms with Crippen LogP contribution in [-0.2, 0) is 6.54 Å². The van der Waals surface area contributed by atoms with Gasteiger partial charge in [-0.2, -0.15) is 0 Å². The zero-order valence-electron chi connectivity index (χ0n) is 9.78. The number of benzene rings is 1. The third-order valence-corrected chi connectivity index (χ3v) is 3.28. The van der Waals surface area contributed by atoms with Gasteiger partial charge in [-0.15, -0.1) is 0 Å². The molecule has 0 bridgehead atoms. The van der Waals surface area contributed by atoms with Crippen molar-refractivity contribution in [3.05, 3.63) is 51.1 Å². The van der Waals surface area contributed by atoms with Gasteiger partial charge in [0.1, 0.15) is 5.75 Å². The summed E-state index contributed by atoms with van der Waals surface area (Å²) in [5.74, 6) is 1.24. The summed E-state index contributed by atoms with van der Waals surface area (Å²) in [6.07, 6.45) is 1.71. The van der Waals surface area contributed by atoms with Crippen LogP contribution >= 0.6 is 27.5 Å². The van der Waals surface area contributed by atoms with Crippen molar-refractivity contribution in [1.82, 2.24) is 4.98 Å². The first-order valence-electron chi connectivity index (χ1n) is 5.38. The Morgan fingerprint density at radius 1 is 1.39 bits per heavy atom. The minimum Gasteiger partial charge on any atom is -0.438 e. The molecule has 1 heterocycles. The van der Waals surface area contributed by atoms with Crippen LogP contribution in [0.2, 0.25) is 5.02 Å². The van der Waals surface area contributed by atoms with E-state index in [-0.39, 0.29) is 0 Å². The topological polar surface area (TPSA) is 48.1 Å². The van der Waals surface area contributed by atoms with Crippen LogP contribution in [0, 0.1) is 6.92 Å². The monoisotopic (exact) mass is 326 g/mol. The SMILES string of the molecule is Cc1cc(CN)cnc1Oc1ccc(Cl)cc1Br. The van der Waals surface area contributed by atoms with Gasteiger partial charge in [0, 0.05) is 23.3 Å². The first-order valence-corrected chi connectivity index (χ1v) is 6.55. The highest BCUT2D eigenvalue weighted by molar-refractivity contribution is 9.10. The lowest BCUT2D eigenvalue weighted by Gasteiger charge is -2.10. The molecule has 0 aliphatic rings. The molecule has 18 heavy (non-hydrogen) atoms. The van der Waals surface area contributed by atoms with Crippen LogP contribution in [0.15, 0.2) is 34.9 Å². The van der Waals surface area contributed by atoms with E-state index in [1.807, 2.05) is 13.0 Å².